The van der Waals surface area contributed by atoms with Crippen LogP contribution in [-0.2, 0) is 13.1 Å². The molecule has 0 aliphatic rings. The molecule has 3 rings (SSSR count). The van der Waals surface area contributed by atoms with Crippen LogP contribution in [0.25, 0.3) is 4.96 Å². The van der Waals surface area contributed by atoms with Gasteiger partial charge in [-0.05, 0) is 24.3 Å². The van der Waals surface area contributed by atoms with Crippen LogP contribution in [0.2, 0.25) is 0 Å². The molecule has 0 aliphatic carbocycles. The largest absolute Gasteiger partial charge is 0.292 e. The Kier molecular flexibility index (Phi) is 4.94. The van der Waals surface area contributed by atoms with Gasteiger partial charge in [0.1, 0.15) is 0 Å². The number of thiazole rings is 1. The summed E-state index contributed by atoms with van der Waals surface area (Å²) in [5.41, 5.74) is 1.82. The minimum atomic E-state index is 0.0179. The molecular formula is C17H21N3OS2. The first-order chi connectivity index (χ1) is 11.0. The molecule has 3 aromatic rings. The predicted molar refractivity (Wildman–Crippen MR) is 97.3 cm³/mol. The van der Waals surface area contributed by atoms with E-state index in [1.54, 1.807) is 21.8 Å². The lowest BCUT2D eigenvalue weighted by Crippen LogP contribution is -2.28. The van der Waals surface area contributed by atoms with Gasteiger partial charge in [-0.3, -0.25) is 14.1 Å². The van der Waals surface area contributed by atoms with Gasteiger partial charge in [0.15, 0.2) is 4.96 Å². The van der Waals surface area contributed by atoms with Crippen molar-refractivity contribution < 1.29 is 0 Å². The van der Waals surface area contributed by atoms with Gasteiger partial charge in [0, 0.05) is 41.7 Å². The van der Waals surface area contributed by atoms with E-state index in [-0.39, 0.29) is 5.56 Å². The van der Waals surface area contributed by atoms with Crippen molar-refractivity contribution in [3.8, 4) is 0 Å². The molecule has 0 fully saturated rings. The fourth-order valence-electron chi connectivity index (χ4n) is 2.74. The summed E-state index contributed by atoms with van der Waals surface area (Å²) in [7, 11) is 0. The fourth-order valence-corrected chi connectivity index (χ4v) is 4.37. The van der Waals surface area contributed by atoms with Crippen molar-refractivity contribution in [3.63, 3.8) is 0 Å². The molecule has 3 aromatic heterocycles. The second-order valence-electron chi connectivity index (χ2n) is 6.22. The first-order valence-electron chi connectivity index (χ1n) is 7.74. The highest BCUT2D eigenvalue weighted by atomic mass is 32.1. The lowest BCUT2D eigenvalue weighted by atomic mass is 10.2. The normalized spacial score (nSPS) is 11.9. The molecule has 0 bridgehead atoms. The van der Waals surface area contributed by atoms with Crippen LogP contribution in [0.15, 0.2) is 33.8 Å². The number of hydrogen-bond donors (Lipinski definition) is 0. The summed E-state index contributed by atoms with van der Waals surface area (Å²) in [4.78, 5) is 21.5. The molecule has 6 heteroatoms. The van der Waals surface area contributed by atoms with Gasteiger partial charge in [-0.25, -0.2) is 4.98 Å². The Bertz CT molecular complexity index is 833. The van der Waals surface area contributed by atoms with Crippen molar-refractivity contribution in [2.45, 2.75) is 33.9 Å². The molecule has 0 N–H and O–H groups in total. The summed E-state index contributed by atoms with van der Waals surface area (Å²) < 4.78 is 1.68. The number of fused-ring (bicyclic) bond motifs is 1. The van der Waals surface area contributed by atoms with E-state index in [4.69, 9.17) is 0 Å². The van der Waals surface area contributed by atoms with Crippen LogP contribution in [0.3, 0.4) is 0 Å². The van der Waals surface area contributed by atoms with E-state index in [2.05, 4.69) is 41.2 Å². The van der Waals surface area contributed by atoms with Gasteiger partial charge in [-0.1, -0.05) is 19.9 Å². The average Bonchev–Trinajstić information content (AvgIpc) is 3.08. The molecule has 3 heterocycles. The lowest BCUT2D eigenvalue weighted by molar-refractivity contribution is 0.227. The monoisotopic (exact) mass is 347 g/mol. The van der Waals surface area contributed by atoms with Crippen LogP contribution in [0, 0.1) is 12.8 Å². The zero-order valence-electron chi connectivity index (χ0n) is 13.7. The SMILES string of the molecule is Cc1csc2nc(CN(Cc3cccs3)CC(C)C)cc(=O)n12. The third-order valence-corrected chi connectivity index (χ3v) is 5.40. The molecule has 0 radical (unpaired) electrons. The van der Waals surface area contributed by atoms with Crippen molar-refractivity contribution >= 4 is 27.6 Å². The lowest BCUT2D eigenvalue weighted by Gasteiger charge is -2.23. The van der Waals surface area contributed by atoms with Crippen LogP contribution in [0.4, 0.5) is 0 Å². The highest BCUT2D eigenvalue weighted by Crippen LogP contribution is 2.16. The van der Waals surface area contributed by atoms with Crippen LogP contribution < -0.4 is 5.56 Å². The summed E-state index contributed by atoms with van der Waals surface area (Å²) in [6.07, 6.45) is 0. The standard InChI is InChI=1S/C17H21N3OS2/c1-12(2)8-19(10-15-5-4-6-22-15)9-14-7-16(21)20-13(3)11-23-17(20)18-14/h4-7,11-12H,8-10H2,1-3H3. The van der Waals surface area contributed by atoms with E-state index in [1.165, 1.54) is 16.2 Å². The number of thiophene rings is 1. The Morgan fingerprint density at radius 3 is 2.83 bits per heavy atom. The molecular weight excluding hydrogens is 326 g/mol. The Hall–Kier alpha value is -1.50. The number of hydrogen-bond acceptors (Lipinski definition) is 5. The second-order valence-corrected chi connectivity index (χ2v) is 8.09. The summed E-state index contributed by atoms with van der Waals surface area (Å²) in [5.74, 6) is 0.573. The fraction of sp³-hybridized carbons (Fsp3) is 0.412. The highest BCUT2D eigenvalue weighted by Gasteiger charge is 2.13. The van der Waals surface area contributed by atoms with Crippen molar-refractivity contribution in [1.82, 2.24) is 14.3 Å². The molecule has 0 saturated heterocycles. The van der Waals surface area contributed by atoms with E-state index in [0.717, 1.165) is 29.4 Å². The zero-order chi connectivity index (χ0) is 16.4. The molecule has 0 spiro atoms. The van der Waals surface area contributed by atoms with Gasteiger partial charge >= 0.3 is 0 Å². The van der Waals surface area contributed by atoms with E-state index in [0.29, 0.717) is 12.5 Å². The Balaban J connectivity index is 1.85. The van der Waals surface area contributed by atoms with Gasteiger partial charge in [-0.2, -0.15) is 0 Å². The summed E-state index contributed by atoms with van der Waals surface area (Å²) in [6.45, 7) is 8.97. The Labute approximate surface area is 144 Å². The smallest absolute Gasteiger partial charge is 0.259 e. The van der Waals surface area contributed by atoms with Gasteiger partial charge in [0.05, 0.1) is 5.69 Å². The summed E-state index contributed by atoms with van der Waals surface area (Å²) in [5, 5.41) is 4.08. The van der Waals surface area contributed by atoms with Crippen LogP contribution in [0.5, 0.6) is 0 Å². The highest BCUT2D eigenvalue weighted by molar-refractivity contribution is 7.15. The van der Waals surface area contributed by atoms with Crippen LogP contribution in [0.1, 0.15) is 30.1 Å². The second kappa shape index (κ2) is 6.95. The predicted octanol–water partition coefficient (Wildman–Crippen LogP) is 3.78. The quantitative estimate of drug-likeness (QED) is 0.681. The molecule has 0 aromatic carbocycles. The summed E-state index contributed by atoms with van der Waals surface area (Å²) >= 11 is 3.30. The summed E-state index contributed by atoms with van der Waals surface area (Å²) in [6, 6.07) is 5.92. The molecule has 0 saturated carbocycles. The Morgan fingerprint density at radius 2 is 2.13 bits per heavy atom. The van der Waals surface area contributed by atoms with E-state index < -0.39 is 0 Å². The first-order valence-corrected chi connectivity index (χ1v) is 9.50. The van der Waals surface area contributed by atoms with E-state index in [1.807, 2.05) is 12.3 Å². The van der Waals surface area contributed by atoms with Gasteiger partial charge < -0.3 is 0 Å². The number of aryl methyl sites for hydroxylation is 1. The third kappa shape index (κ3) is 3.88. The number of rotatable bonds is 6. The molecule has 0 amide bonds. The first kappa shape index (κ1) is 16.4. The molecule has 4 nitrogen and oxygen atoms in total. The maximum Gasteiger partial charge on any atom is 0.259 e. The maximum absolute atomic E-state index is 12.3. The molecule has 0 unspecified atom stereocenters. The number of nitrogens with zero attached hydrogens (tertiary/aromatic N) is 3. The zero-order valence-corrected chi connectivity index (χ0v) is 15.3. The maximum atomic E-state index is 12.3. The third-order valence-electron chi connectivity index (χ3n) is 3.60. The van der Waals surface area contributed by atoms with Gasteiger partial charge in [-0.15, -0.1) is 22.7 Å². The van der Waals surface area contributed by atoms with Gasteiger partial charge in [0.2, 0.25) is 0 Å². The number of aromatic nitrogens is 2. The van der Waals surface area contributed by atoms with Crippen molar-refractivity contribution in [2.75, 3.05) is 6.54 Å². The van der Waals surface area contributed by atoms with E-state index in [9.17, 15) is 4.79 Å². The van der Waals surface area contributed by atoms with Crippen molar-refractivity contribution in [3.05, 3.63) is 55.6 Å². The van der Waals surface area contributed by atoms with Crippen LogP contribution in [-0.4, -0.2) is 20.8 Å². The Morgan fingerprint density at radius 1 is 1.30 bits per heavy atom. The molecule has 122 valence electrons. The van der Waals surface area contributed by atoms with E-state index >= 15 is 0 Å². The molecule has 23 heavy (non-hydrogen) atoms. The van der Waals surface area contributed by atoms with Crippen molar-refractivity contribution in [1.29, 1.82) is 0 Å². The molecule has 0 aliphatic heterocycles. The molecule has 0 atom stereocenters. The van der Waals surface area contributed by atoms with Crippen LogP contribution >= 0.6 is 22.7 Å². The minimum Gasteiger partial charge on any atom is -0.292 e. The van der Waals surface area contributed by atoms with Gasteiger partial charge in [0.25, 0.3) is 5.56 Å². The average molecular weight is 348 g/mol. The van der Waals surface area contributed by atoms with Crippen molar-refractivity contribution in [2.24, 2.45) is 5.92 Å². The topological polar surface area (TPSA) is 37.6 Å². The minimum absolute atomic E-state index is 0.0179.